The number of amides is 1. The van der Waals surface area contributed by atoms with E-state index < -0.39 is 39.8 Å². The minimum Gasteiger partial charge on any atom is -0.497 e. The van der Waals surface area contributed by atoms with Gasteiger partial charge in [-0.05, 0) is 31.4 Å². The van der Waals surface area contributed by atoms with E-state index in [4.69, 9.17) is 13.6 Å². The molecule has 37 heavy (non-hydrogen) atoms. The first-order valence-corrected chi connectivity index (χ1v) is 13.9. The number of nitrogens with one attached hydrogen (secondary N) is 1. The van der Waals surface area contributed by atoms with Crippen molar-refractivity contribution in [3.8, 4) is 5.75 Å². The van der Waals surface area contributed by atoms with Gasteiger partial charge in [0.05, 0.1) is 13.7 Å². The molecule has 1 amide bonds. The summed E-state index contributed by atoms with van der Waals surface area (Å²) in [6.07, 6.45) is -3.77. The number of ether oxygens (including phenoxy) is 1. The second-order valence-electron chi connectivity index (χ2n) is 9.01. The molecule has 1 fully saturated rings. The summed E-state index contributed by atoms with van der Waals surface area (Å²) in [5.74, 6) is 0.493. The first kappa shape index (κ1) is 27.4. The smallest absolute Gasteiger partial charge is 0.389 e. The number of halogens is 4. The number of fused-ring (bicyclic) bond motifs is 1. The van der Waals surface area contributed by atoms with Crippen LogP contribution < -0.4 is 20.7 Å². The van der Waals surface area contributed by atoms with Crippen LogP contribution in [-0.2, 0) is 6.54 Å². The maximum absolute atomic E-state index is 13.7. The highest BCUT2D eigenvalue weighted by atomic mass is 127. The fraction of sp³-hybridized carbons (Fsp3) is 0.500. The lowest BCUT2D eigenvalue weighted by molar-refractivity contribution is -0.135. The first-order chi connectivity index (χ1) is 17.6. The van der Waals surface area contributed by atoms with Crippen LogP contribution in [0.1, 0.15) is 46.5 Å². The van der Waals surface area contributed by atoms with Crippen molar-refractivity contribution >= 4 is 50.2 Å². The molecule has 3 N–H and O–H groups in total. The van der Waals surface area contributed by atoms with E-state index in [1.54, 1.807) is 35.9 Å². The van der Waals surface area contributed by atoms with Crippen LogP contribution in [0.2, 0.25) is 0 Å². The molecule has 1 saturated heterocycles. The topological polar surface area (TPSA) is 105 Å². The number of carbonyl (C=O) groups excluding carboxylic acids is 2. The van der Waals surface area contributed by atoms with E-state index in [0.29, 0.717) is 41.6 Å². The number of hydrogen-bond acceptors (Lipinski definition) is 7. The molecule has 0 radical (unpaired) electrons. The number of methoxy groups -OCH3 is 1. The standard InChI is InChI=1S/C24H30F3IN6O3/c1-30-20-19-21(23(36)34(28-31-19)14-18(35)15-6-3-8-17(12-15)37-2)33(11-5-9-24(25,26)27)22(20)32-10-4-7-16(29)13-32/h3,6,8,12,16,30H,4-5,7,9-11,13-14,29H2,1-2H3/t16-/m1/s1. The highest BCUT2D eigenvalue weighted by molar-refractivity contribution is 14.1. The third-order valence-electron chi connectivity index (χ3n) is 6.37. The molecule has 1 aromatic carbocycles. The van der Waals surface area contributed by atoms with Gasteiger partial charge >= 0.3 is 6.18 Å². The number of nitrogens with two attached hydrogens (primary N) is 1. The minimum atomic E-state index is -4.30. The zero-order valence-electron chi connectivity index (χ0n) is 20.6. The quantitative estimate of drug-likeness (QED) is 0.232. The van der Waals surface area contributed by atoms with Crippen LogP contribution in [0.5, 0.6) is 5.75 Å². The van der Waals surface area contributed by atoms with Crippen LogP contribution in [0, 0.1) is 0 Å². The summed E-state index contributed by atoms with van der Waals surface area (Å²) in [7, 11) is 3.21. The summed E-state index contributed by atoms with van der Waals surface area (Å²) in [4.78, 5) is 28.7. The maximum atomic E-state index is 13.7. The summed E-state index contributed by atoms with van der Waals surface area (Å²) in [5, 5.41) is 3.12. The Balaban J connectivity index is 1.69. The van der Waals surface area contributed by atoms with Crippen molar-refractivity contribution in [1.82, 2.24) is 7.68 Å². The third kappa shape index (κ3) is 6.08. The van der Waals surface area contributed by atoms with Crippen LogP contribution in [-0.4, -0.2) is 65.4 Å². The van der Waals surface area contributed by atoms with Crippen molar-refractivity contribution in [2.45, 2.75) is 44.4 Å². The van der Waals surface area contributed by atoms with Gasteiger partial charge in [-0.1, -0.05) is 12.1 Å². The van der Waals surface area contributed by atoms with Crippen LogP contribution in [0.25, 0.3) is 0 Å². The zero-order valence-corrected chi connectivity index (χ0v) is 22.8. The molecule has 0 spiro atoms. The van der Waals surface area contributed by atoms with Crippen molar-refractivity contribution < 1.29 is 27.5 Å². The van der Waals surface area contributed by atoms with Gasteiger partial charge < -0.3 is 25.3 Å². The van der Waals surface area contributed by atoms with Crippen LogP contribution in [0.15, 0.2) is 27.4 Å². The number of piperidine rings is 1. The monoisotopic (exact) mass is 634 g/mol. The molecule has 0 unspecified atom stereocenters. The second kappa shape index (κ2) is 11.4. The van der Waals surface area contributed by atoms with Crippen LogP contribution in [0.3, 0.4) is 0 Å². The van der Waals surface area contributed by atoms with Gasteiger partial charge in [-0.2, -0.15) is 13.2 Å². The molecular formula is C24H30F3IN6O3. The molecule has 202 valence electrons. The van der Waals surface area contributed by atoms with Gasteiger partial charge in [-0.25, -0.2) is 3.15 Å². The number of rotatable bonds is 9. The number of hydrogen-bond donors (Lipinski definition) is 2. The molecule has 13 heteroatoms. The van der Waals surface area contributed by atoms with Gasteiger partial charge in [0.1, 0.15) is 49.9 Å². The number of ketones is 1. The number of aromatic nitrogens is 1. The van der Waals surface area contributed by atoms with Crippen LogP contribution in [0.4, 0.5) is 30.4 Å². The highest BCUT2D eigenvalue weighted by Gasteiger charge is 2.36. The Labute approximate surface area is 223 Å². The van der Waals surface area contributed by atoms with E-state index in [9.17, 15) is 22.8 Å². The summed E-state index contributed by atoms with van der Waals surface area (Å²) < 4.78 is 51.9. The van der Waals surface area contributed by atoms with Gasteiger partial charge in [-0.3, -0.25) is 12.7 Å². The molecule has 9 nitrogen and oxygen atoms in total. The Hall–Kier alpha value is -2.68. The molecule has 0 bridgehead atoms. The van der Waals surface area contributed by atoms with Gasteiger partial charge in [0.15, 0.2) is 5.78 Å². The molecule has 3 heterocycles. The summed E-state index contributed by atoms with van der Waals surface area (Å²) in [5.41, 5.74) is 7.89. The highest BCUT2D eigenvalue weighted by Crippen LogP contribution is 2.47. The summed E-state index contributed by atoms with van der Waals surface area (Å²) in [6, 6.07) is 6.59. The molecule has 2 aromatic rings. The van der Waals surface area contributed by atoms with Crippen molar-refractivity contribution in [2.75, 3.05) is 44.0 Å². The molecular weight excluding hydrogens is 604 g/mol. The molecule has 1 aromatic heterocycles. The van der Waals surface area contributed by atoms with E-state index in [-0.39, 0.29) is 37.0 Å². The fourth-order valence-corrected chi connectivity index (χ4v) is 6.49. The largest absolute Gasteiger partial charge is 0.497 e. The molecule has 4 rings (SSSR count). The lowest BCUT2D eigenvalue weighted by atomic mass is 10.1. The molecule has 1 atom stereocenters. The number of benzene rings is 1. The number of Topliss-reactive ketones (excluding diaryl/α,β-unsaturated/α-hetero) is 1. The fourth-order valence-electron chi connectivity index (χ4n) is 4.65. The average Bonchev–Trinajstić information content (AvgIpc) is 3.18. The summed E-state index contributed by atoms with van der Waals surface area (Å²) in [6.45, 7) is 1.01. The predicted molar refractivity (Wildman–Crippen MR) is 143 cm³/mol. The molecule has 0 saturated carbocycles. The van der Waals surface area contributed by atoms with Gasteiger partial charge in [0.2, 0.25) is 0 Å². The molecule has 0 aliphatic carbocycles. The lowest BCUT2D eigenvalue weighted by Gasteiger charge is -2.34. The lowest BCUT2D eigenvalue weighted by Crippen LogP contribution is -2.44. The second-order valence-corrected chi connectivity index (χ2v) is 11.1. The summed E-state index contributed by atoms with van der Waals surface area (Å²) >= 11 is -1.22. The Morgan fingerprint density at radius 1 is 1.35 bits per heavy atom. The number of carbonyl (C=O) groups is 2. The number of alkyl halides is 3. The zero-order chi connectivity index (χ0) is 26.7. The Kier molecular flexibility index (Phi) is 8.41. The van der Waals surface area contributed by atoms with Gasteiger partial charge in [0.25, 0.3) is 5.91 Å². The Morgan fingerprint density at radius 3 is 2.81 bits per heavy atom. The minimum absolute atomic E-state index is 0.0121. The normalized spacial score (nSPS) is 17.9. The van der Waals surface area contributed by atoms with E-state index in [1.807, 2.05) is 4.90 Å². The van der Waals surface area contributed by atoms with Crippen molar-refractivity contribution in [2.24, 2.45) is 8.88 Å². The maximum Gasteiger partial charge on any atom is 0.389 e. The van der Waals surface area contributed by atoms with Crippen LogP contribution >= 0.6 is 21.3 Å². The van der Waals surface area contributed by atoms with E-state index in [1.165, 1.54) is 10.2 Å². The number of nitrogens with zero attached hydrogens (tertiary/aromatic N) is 4. The van der Waals surface area contributed by atoms with Crippen molar-refractivity contribution in [1.29, 1.82) is 0 Å². The van der Waals surface area contributed by atoms with Gasteiger partial charge in [0, 0.05) is 44.7 Å². The SMILES string of the molecule is CNc1c2c(n(CCCC(F)(F)F)c1N1CCC[C@@H](N)C1)C(=O)N(CC(=O)c1cccc(OC)c1)I=N2. The first-order valence-electron chi connectivity index (χ1n) is 12.0. The van der Waals surface area contributed by atoms with Crippen molar-refractivity contribution in [3.63, 3.8) is 0 Å². The van der Waals surface area contributed by atoms with Crippen molar-refractivity contribution in [3.05, 3.63) is 35.5 Å². The number of anilines is 2. The third-order valence-corrected chi connectivity index (χ3v) is 8.37. The average molecular weight is 634 g/mol. The van der Waals surface area contributed by atoms with Gasteiger partial charge in [-0.15, -0.1) is 0 Å². The van der Waals surface area contributed by atoms with E-state index >= 15 is 0 Å². The predicted octanol–water partition coefficient (Wildman–Crippen LogP) is 4.85. The molecule has 2 aliphatic heterocycles. The Morgan fingerprint density at radius 2 is 2.14 bits per heavy atom. The van der Waals surface area contributed by atoms with E-state index in [2.05, 4.69) is 5.32 Å². The Bertz CT molecular complexity index is 1200. The van der Waals surface area contributed by atoms with E-state index in [0.717, 1.165) is 12.8 Å². The molecule has 2 aliphatic rings.